The van der Waals surface area contributed by atoms with Crippen LogP contribution in [-0.2, 0) is 27.1 Å². The molecular weight excluding hydrogens is 1020 g/mol. The number of anilines is 3. The quantitative estimate of drug-likeness (QED) is 0.166. The molecule has 1 aromatic heterocycles. The number of fused-ring (bicyclic) bond motifs is 7. The molecule has 13 rings (SSSR count). The van der Waals surface area contributed by atoms with Crippen LogP contribution in [0.4, 0.5) is 17.1 Å². The van der Waals surface area contributed by atoms with Crippen LogP contribution in [0.1, 0.15) is 154 Å². The molecule has 0 spiro atoms. The Kier molecular flexibility index (Phi) is 12.8. The van der Waals surface area contributed by atoms with E-state index in [1.54, 1.807) is 0 Å². The van der Waals surface area contributed by atoms with Gasteiger partial charge in [0.1, 0.15) is 22.7 Å². The third-order valence-electron chi connectivity index (χ3n) is 17.9. The van der Waals surface area contributed by atoms with Crippen molar-refractivity contribution in [1.82, 2.24) is 0 Å². The van der Waals surface area contributed by atoms with E-state index in [0.717, 1.165) is 95.0 Å². The summed E-state index contributed by atoms with van der Waals surface area (Å²) in [6.45, 7) is 34.8. The lowest BCUT2D eigenvalue weighted by Gasteiger charge is -2.43. The average molecular weight is 1100 g/mol. The van der Waals surface area contributed by atoms with Gasteiger partial charge in [-0.25, -0.2) is 0 Å². The van der Waals surface area contributed by atoms with Gasteiger partial charge in [-0.2, -0.15) is 0 Å². The van der Waals surface area contributed by atoms with E-state index in [2.05, 4.69) is 309 Å². The van der Waals surface area contributed by atoms with Gasteiger partial charge in [0.25, 0.3) is 0 Å². The Hall–Kier alpha value is -8.40. The number of hydrogen-bond acceptors (Lipinski definition) is 3. The molecule has 1 atom stereocenters. The lowest BCUT2D eigenvalue weighted by Crippen LogP contribution is -2.26. The molecule has 3 nitrogen and oxygen atoms in total. The minimum Gasteiger partial charge on any atom is -0.457 e. The molecule has 0 radical (unpaired) electrons. The molecule has 11 aromatic rings. The third kappa shape index (κ3) is 9.64. The highest BCUT2D eigenvalue weighted by Crippen LogP contribution is 2.63. The first kappa shape index (κ1) is 54.8. The van der Waals surface area contributed by atoms with E-state index in [4.69, 9.17) is 9.15 Å². The van der Waals surface area contributed by atoms with E-state index in [-0.39, 0.29) is 33.0 Å². The fraction of sp³-hybridized carbons (Fsp3) is 0.259. The Bertz CT molecular complexity index is 4320. The van der Waals surface area contributed by atoms with Gasteiger partial charge in [-0.05, 0) is 147 Å². The van der Waals surface area contributed by atoms with Crippen molar-refractivity contribution in [3.8, 4) is 67.1 Å². The first-order chi connectivity index (χ1) is 39.8. The van der Waals surface area contributed by atoms with Crippen LogP contribution in [0.15, 0.2) is 205 Å². The van der Waals surface area contributed by atoms with Crippen molar-refractivity contribution in [2.75, 3.05) is 4.90 Å². The number of para-hydroxylation sites is 1. The summed E-state index contributed by atoms with van der Waals surface area (Å²) in [6, 6.07) is 75.6. The van der Waals surface area contributed by atoms with Crippen LogP contribution in [0.5, 0.6) is 11.5 Å². The number of rotatable bonds is 6. The molecule has 10 aromatic carbocycles. The highest BCUT2D eigenvalue weighted by atomic mass is 16.5. The molecule has 84 heavy (non-hydrogen) atoms. The van der Waals surface area contributed by atoms with Crippen molar-refractivity contribution in [3.05, 3.63) is 245 Å². The molecule has 3 heteroatoms. The molecule has 2 aliphatic rings. The van der Waals surface area contributed by atoms with Crippen molar-refractivity contribution >= 4 is 39.0 Å². The highest BCUT2D eigenvalue weighted by Gasteiger charge is 2.42. The van der Waals surface area contributed by atoms with Crippen LogP contribution in [0, 0.1) is 0 Å². The SMILES string of the molecule is CC(C)(C)c1ccc(-c2ccc3c(c2)N(c2c(-c4ccccc4)cc4c(oc5ccccc54)c2-c2ccccc2)c2cc(-c4cc(C(C)(C)C)cc(C(C)(C)C)c4)cc4c2C3c2cc(-c3cc(C(C)(C)C)cc(C(C)(C)C)c3)ccc2O4)cc1. The van der Waals surface area contributed by atoms with Crippen LogP contribution in [0.3, 0.4) is 0 Å². The standard InChI is InChI=1S/C81H79NO2/c1-77(2,3)57-34-30-49(31-35-57)53-32-36-63-67(43-53)82(75-64(50-24-18-16-19-25-50)48-65-62-28-22-23-29-69(62)84-76(65)72(75)51-26-20-17-21-27-51)68-44-56(55-40-60(80(10,11)12)47-61(41-55)81(13,14)15)45-71-74(68)73(63)66-42-52(33-37-70(66)83-71)54-38-58(78(4,5)6)46-59(39-54)79(7,8)9/h16-48,73H,1-15H3. The van der Waals surface area contributed by atoms with E-state index in [9.17, 15) is 0 Å². The van der Waals surface area contributed by atoms with Crippen LogP contribution in [-0.4, -0.2) is 0 Å². The first-order valence-electron chi connectivity index (χ1n) is 30.2. The van der Waals surface area contributed by atoms with E-state index in [1.165, 1.54) is 55.6 Å². The Morgan fingerprint density at radius 2 is 0.821 bits per heavy atom. The minimum atomic E-state index is -0.189. The second-order valence-electron chi connectivity index (χ2n) is 29.1. The van der Waals surface area contributed by atoms with Crippen LogP contribution < -0.4 is 9.64 Å². The zero-order valence-corrected chi connectivity index (χ0v) is 51.9. The van der Waals surface area contributed by atoms with Crippen molar-refractivity contribution in [2.45, 2.75) is 137 Å². The Morgan fingerprint density at radius 1 is 0.333 bits per heavy atom. The Balaban J connectivity index is 1.18. The van der Waals surface area contributed by atoms with Gasteiger partial charge in [0.15, 0.2) is 0 Å². The zero-order chi connectivity index (χ0) is 59.0. The van der Waals surface area contributed by atoms with E-state index >= 15 is 0 Å². The minimum absolute atomic E-state index is 0.0129. The van der Waals surface area contributed by atoms with Crippen LogP contribution >= 0.6 is 0 Å². The molecule has 1 unspecified atom stereocenters. The number of hydrogen-bond donors (Lipinski definition) is 0. The van der Waals surface area contributed by atoms with Crippen molar-refractivity contribution in [2.24, 2.45) is 0 Å². The molecule has 0 fully saturated rings. The lowest BCUT2D eigenvalue weighted by atomic mass is 9.75. The number of ether oxygens (including phenoxy) is 1. The van der Waals surface area contributed by atoms with Gasteiger partial charge in [0, 0.05) is 38.9 Å². The van der Waals surface area contributed by atoms with Crippen LogP contribution in [0.2, 0.25) is 0 Å². The highest BCUT2D eigenvalue weighted by molar-refractivity contribution is 6.17. The summed E-state index contributed by atoms with van der Waals surface area (Å²) >= 11 is 0. The lowest BCUT2D eigenvalue weighted by molar-refractivity contribution is 0.453. The topological polar surface area (TPSA) is 25.6 Å². The Morgan fingerprint density at radius 3 is 1.40 bits per heavy atom. The van der Waals surface area contributed by atoms with Crippen molar-refractivity contribution in [1.29, 1.82) is 0 Å². The van der Waals surface area contributed by atoms with E-state index in [0.29, 0.717) is 0 Å². The van der Waals surface area contributed by atoms with Crippen molar-refractivity contribution < 1.29 is 9.15 Å². The van der Waals surface area contributed by atoms with Gasteiger partial charge in [-0.15, -0.1) is 0 Å². The van der Waals surface area contributed by atoms with E-state index < -0.39 is 0 Å². The Labute approximate surface area is 499 Å². The van der Waals surface area contributed by atoms with Gasteiger partial charge in [0.05, 0.1) is 17.1 Å². The normalized spacial score (nSPS) is 14.3. The summed E-state index contributed by atoms with van der Waals surface area (Å²) in [5.74, 6) is 1.55. The molecule has 3 heterocycles. The molecule has 420 valence electrons. The van der Waals surface area contributed by atoms with Crippen molar-refractivity contribution in [3.63, 3.8) is 0 Å². The van der Waals surface area contributed by atoms with Gasteiger partial charge in [-0.1, -0.05) is 262 Å². The number of furan rings is 1. The van der Waals surface area contributed by atoms with Gasteiger partial charge < -0.3 is 14.1 Å². The summed E-state index contributed by atoms with van der Waals surface area (Å²) in [6.07, 6.45) is 0. The summed E-state index contributed by atoms with van der Waals surface area (Å²) < 4.78 is 14.8. The predicted octanol–water partition coefficient (Wildman–Crippen LogP) is 23.5. The number of benzene rings is 10. The maximum Gasteiger partial charge on any atom is 0.145 e. The fourth-order valence-electron chi connectivity index (χ4n) is 12.8. The smallest absolute Gasteiger partial charge is 0.145 e. The molecule has 0 saturated heterocycles. The summed E-state index contributed by atoms with van der Waals surface area (Å²) in [7, 11) is 0. The molecule has 2 aliphatic heterocycles. The average Bonchev–Trinajstić information content (AvgIpc) is 0.970. The largest absolute Gasteiger partial charge is 0.457 e. The molecule has 0 bridgehead atoms. The molecule has 0 amide bonds. The second kappa shape index (κ2) is 19.6. The molecule has 0 N–H and O–H groups in total. The maximum absolute atomic E-state index is 7.55. The van der Waals surface area contributed by atoms with Gasteiger partial charge >= 0.3 is 0 Å². The zero-order valence-electron chi connectivity index (χ0n) is 51.9. The van der Waals surface area contributed by atoms with Gasteiger partial charge in [0.2, 0.25) is 0 Å². The predicted molar refractivity (Wildman–Crippen MR) is 357 cm³/mol. The van der Waals surface area contributed by atoms with Crippen LogP contribution in [0.25, 0.3) is 77.6 Å². The third-order valence-corrected chi connectivity index (χ3v) is 17.9. The number of nitrogens with zero attached hydrogens (tertiary/aromatic N) is 1. The second-order valence-corrected chi connectivity index (χ2v) is 29.1. The fourth-order valence-corrected chi connectivity index (χ4v) is 12.8. The maximum atomic E-state index is 7.55. The summed E-state index contributed by atoms with van der Waals surface area (Å²) in [4.78, 5) is 2.61. The summed E-state index contributed by atoms with van der Waals surface area (Å²) in [5.41, 5.74) is 26.0. The molecule has 0 saturated carbocycles. The molecular formula is C81H79NO2. The summed E-state index contributed by atoms with van der Waals surface area (Å²) in [5, 5.41) is 2.17. The molecule has 0 aliphatic carbocycles. The first-order valence-corrected chi connectivity index (χ1v) is 30.2. The monoisotopic (exact) mass is 1100 g/mol. The van der Waals surface area contributed by atoms with Gasteiger partial charge in [-0.3, -0.25) is 0 Å². The van der Waals surface area contributed by atoms with E-state index in [1.807, 2.05) is 0 Å².